The van der Waals surface area contributed by atoms with Crippen LogP contribution in [-0.2, 0) is 4.79 Å². The highest BCUT2D eigenvalue weighted by Gasteiger charge is 2.20. The molecule has 0 aliphatic heterocycles. The number of hydrogen-bond donors (Lipinski definition) is 2. The zero-order valence-corrected chi connectivity index (χ0v) is 10.7. The quantitative estimate of drug-likeness (QED) is 0.813. The van der Waals surface area contributed by atoms with Gasteiger partial charge in [-0.3, -0.25) is 4.79 Å². The number of hydrogen-bond acceptors (Lipinski definition) is 4. The second-order valence-corrected chi connectivity index (χ2v) is 4.82. The Balaban J connectivity index is 2.60. The van der Waals surface area contributed by atoms with Gasteiger partial charge in [0.15, 0.2) is 0 Å². The summed E-state index contributed by atoms with van der Waals surface area (Å²) in [6.07, 6.45) is 2.11. The van der Waals surface area contributed by atoms with Gasteiger partial charge in [0.1, 0.15) is 11.7 Å². The minimum absolute atomic E-state index is 0.287. The van der Waals surface area contributed by atoms with Crippen LogP contribution in [-0.4, -0.2) is 28.0 Å². The molecule has 2 N–H and O–H groups in total. The van der Waals surface area contributed by atoms with Crippen LogP contribution in [0.4, 0.5) is 0 Å². The van der Waals surface area contributed by atoms with Crippen molar-refractivity contribution in [2.45, 2.75) is 39.2 Å². The number of aryl methyl sites for hydroxylation is 1. The van der Waals surface area contributed by atoms with Gasteiger partial charge in [-0.05, 0) is 13.3 Å². The lowest BCUT2D eigenvalue weighted by Gasteiger charge is -2.12. The highest BCUT2D eigenvalue weighted by Crippen LogP contribution is 2.09. The molecule has 0 bridgehead atoms. The number of rotatable bonds is 6. The zero-order valence-electron chi connectivity index (χ0n) is 9.90. The Labute approximate surface area is 104 Å². The third kappa shape index (κ3) is 4.14. The van der Waals surface area contributed by atoms with Crippen LogP contribution < -0.4 is 5.32 Å². The molecule has 0 aliphatic carbocycles. The highest BCUT2D eigenvalue weighted by atomic mass is 32.1. The van der Waals surface area contributed by atoms with Gasteiger partial charge < -0.3 is 10.4 Å². The summed E-state index contributed by atoms with van der Waals surface area (Å²) in [6.45, 7) is 3.78. The third-order valence-electron chi connectivity index (χ3n) is 2.30. The Hall–Kier alpha value is -1.43. The Bertz CT molecular complexity index is 403. The summed E-state index contributed by atoms with van der Waals surface area (Å²) in [5, 5.41) is 13.9. The summed E-state index contributed by atoms with van der Waals surface area (Å²) >= 11 is 1.37. The number of carboxylic acid groups (broad SMARTS) is 1. The Morgan fingerprint density at radius 2 is 2.29 bits per heavy atom. The molecule has 6 heteroatoms. The first-order chi connectivity index (χ1) is 8.04. The zero-order chi connectivity index (χ0) is 12.8. The van der Waals surface area contributed by atoms with Crippen molar-refractivity contribution in [3.05, 3.63) is 16.1 Å². The first-order valence-corrected chi connectivity index (χ1v) is 6.38. The molecule has 0 spiro atoms. The second kappa shape index (κ2) is 6.34. The second-order valence-electron chi connectivity index (χ2n) is 3.76. The van der Waals surface area contributed by atoms with Gasteiger partial charge in [0.25, 0.3) is 5.91 Å². The predicted octanol–water partition coefficient (Wildman–Crippen LogP) is 1.82. The van der Waals surface area contributed by atoms with Gasteiger partial charge in [-0.2, -0.15) is 0 Å². The molecular formula is C11H16N2O3S. The van der Waals surface area contributed by atoms with Crippen molar-refractivity contribution in [3.8, 4) is 0 Å². The van der Waals surface area contributed by atoms with Gasteiger partial charge in [-0.25, -0.2) is 9.78 Å². The average molecular weight is 256 g/mol. The molecule has 0 fully saturated rings. The molecule has 1 aromatic rings. The third-order valence-corrected chi connectivity index (χ3v) is 3.07. The van der Waals surface area contributed by atoms with Gasteiger partial charge in [-0.1, -0.05) is 19.8 Å². The van der Waals surface area contributed by atoms with Crippen LogP contribution in [0.15, 0.2) is 5.38 Å². The molecule has 94 valence electrons. The number of aliphatic carboxylic acids is 1. The largest absolute Gasteiger partial charge is 0.480 e. The van der Waals surface area contributed by atoms with Crippen LogP contribution in [0.3, 0.4) is 0 Å². The molecule has 1 amide bonds. The normalized spacial score (nSPS) is 12.1. The van der Waals surface area contributed by atoms with E-state index in [9.17, 15) is 9.59 Å². The van der Waals surface area contributed by atoms with E-state index in [4.69, 9.17) is 5.11 Å². The standard InChI is InChI=1S/C11H16N2O3S/c1-3-4-5-8(11(15)16)13-10(14)9-6-17-7(2)12-9/h6,8H,3-5H2,1-2H3,(H,13,14)(H,15,16)/t8-/m0/s1. The van der Waals surface area contributed by atoms with Crippen molar-refractivity contribution < 1.29 is 14.7 Å². The lowest BCUT2D eigenvalue weighted by Crippen LogP contribution is -2.40. The summed E-state index contributed by atoms with van der Waals surface area (Å²) in [6, 6.07) is -0.829. The van der Waals surface area contributed by atoms with Crippen molar-refractivity contribution in [2.75, 3.05) is 0 Å². The van der Waals surface area contributed by atoms with Crippen LogP contribution in [0.2, 0.25) is 0 Å². The van der Waals surface area contributed by atoms with Crippen molar-refractivity contribution in [1.82, 2.24) is 10.3 Å². The van der Waals surface area contributed by atoms with Crippen molar-refractivity contribution in [3.63, 3.8) is 0 Å². The van der Waals surface area contributed by atoms with E-state index in [-0.39, 0.29) is 5.69 Å². The number of thiazole rings is 1. The van der Waals surface area contributed by atoms with Crippen LogP contribution in [0.5, 0.6) is 0 Å². The van der Waals surface area contributed by atoms with Crippen LogP contribution in [0.25, 0.3) is 0 Å². The Morgan fingerprint density at radius 1 is 1.59 bits per heavy atom. The van der Waals surface area contributed by atoms with Crippen molar-refractivity contribution >= 4 is 23.2 Å². The molecule has 1 heterocycles. The SMILES string of the molecule is CCCC[C@H](NC(=O)c1csc(C)n1)C(=O)O. The summed E-state index contributed by atoms with van der Waals surface area (Å²) in [4.78, 5) is 26.7. The maximum absolute atomic E-state index is 11.7. The lowest BCUT2D eigenvalue weighted by molar-refractivity contribution is -0.139. The van der Waals surface area contributed by atoms with Crippen LogP contribution in [0, 0.1) is 6.92 Å². The van der Waals surface area contributed by atoms with Gasteiger partial charge in [0.05, 0.1) is 5.01 Å². The number of carbonyl (C=O) groups excluding carboxylic acids is 1. The van der Waals surface area contributed by atoms with Gasteiger partial charge in [0.2, 0.25) is 0 Å². The number of nitrogens with zero attached hydrogens (tertiary/aromatic N) is 1. The molecule has 5 nitrogen and oxygen atoms in total. The predicted molar refractivity (Wildman–Crippen MR) is 65.3 cm³/mol. The molecular weight excluding hydrogens is 240 g/mol. The van der Waals surface area contributed by atoms with Gasteiger partial charge >= 0.3 is 5.97 Å². The molecule has 0 saturated carbocycles. The van der Waals surface area contributed by atoms with E-state index in [1.807, 2.05) is 6.92 Å². The average Bonchev–Trinajstić information content (AvgIpc) is 2.70. The first-order valence-electron chi connectivity index (χ1n) is 5.50. The topological polar surface area (TPSA) is 79.3 Å². The minimum Gasteiger partial charge on any atom is -0.480 e. The van der Waals surface area contributed by atoms with Crippen LogP contribution in [0.1, 0.15) is 41.7 Å². The lowest BCUT2D eigenvalue weighted by atomic mass is 10.1. The Kier molecular flexibility index (Phi) is 5.09. The number of carboxylic acids is 1. The summed E-state index contributed by atoms with van der Waals surface area (Å²) in [5.74, 6) is -1.42. The molecule has 17 heavy (non-hydrogen) atoms. The fourth-order valence-corrected chi connectivity index (χ4v) is 1.96. The van der Waals surface area contributed by atoms with E-state index in [0.29, 0.717) is 6.42 Å². The Morgan fingerprint density at radius 3 is 2.76 bits per heavy atom. The van der Waals surface area contributed by atoms with Crippen molar-refractivity contribution in [2.24, 2.45) is 0 Å². The van der Waals surface area contributed by atoms with E-state index >= 15 is 0 Å². The molecule has 1 aromatic heterocycles. The molecule has 0 aliphatic rings. The maximum Gasteiger partial charge on any atom is 0.326 e. The molecule has 0 saturated heterocycles. The number of amides is 1. The molecule has 0 aromatic carbocycles. The number of aromatic nitrogens is 1. The highest BCUT2D eigenvalue weighted by molar-refractivity contribution is 7.09. The summed E-state index contributed by atoms with van der Waals surface area (Å²) in [7, 11) is 0. The van der Waals surface area contributed by atoms with E-state index in [0.717, 1.165) is 17.8 Å². The molecule has 0 unspecified atom stereocenters. The maximum atomic E-state index is 11.7. The fourth-order valence-electron chi connectivity index (χ4n) is 1.37. The first kappa shape index (κ1) is 13.6. The van der Waals surface area contributed by atoms with E-state index < -0.39 is 17.9 Å². The molecule has 1 atom stereocenters. The number of carbonyl (C=O) groups is 2. The monoisotopic (exact) mass is 256 g/mol. The summed E-state index contributed by atoms with van der Waals surface area (Å²) < 4.78 is 0. The number of nitrogens with one attached hydrogen (secondary N) is 1. The van der Waals surface area contributed by atoms with Gasteiger partial charge in [-0.15, -0.1) is 11.3 Å². The van der Waals surface area contributed by atoms with E-state index in [2.05, 4.69) is 10.3 Å². The fraction of sp³-hybridized carbons (Fsp3) is 0.545. The summed E-state index contributed by atoms with van der Waals surface area (Å²) in [5.41, 5.74) is 0.287. The van der Waals surface area contributed by atoms with E-state index in [1.54, 1.807) is 12.3 Å². The van der Waals surface area contributed by atoms with E-state index in [1.165, 1.54) is 11.3 Å². The smallest absolute Gasteiger partial charge is 0.326 e. The van der Waals surface area contributed by atoms with Gasteiger partial charge in [0, 0.05) is 5.38 Å². The van der Waals surface area contributed by atoms with Crippen LogP contribution >= 0.6 is 11.3 Å². The minimum atomic E-state index is -1.00. The number of unbranched alkanes of at least 4 members (excludes halogenated alkanes) is 1. The molecule has 0 radical (unpaired) electrons. The molecule has 1 rings (SSSR count). The van der Waals surface area contributed by atoms with Crippen molar-refractivity contribution in [1.29, 1.82) is 0 Å².